The van der Waals surface area contributed by atoms with Crippen LogP contribution in [-0.4, -0.2) is 23.5 Å². The summed E-state index contributed by atoms with van der Waals surface area (Å²) in [5, 5.41) is 14.4. The molecule has 1 heterocycles. The molecule has 1 rings (SSSR count). The predicted octanol–water partition coefficient (Wildman–Crippen LogP) is 2.22. The van der Waals surface area contributed by atoms with Crippen LogP contribution in [0.1, 0.15) is 24.6 Å². The van der Waals surface area contributed by atoms with Crippen molar-refractivity contribution in [1.82, 2.24) is 5.32 Å². The fraction of sp³-hybridized carbons (Fsp3) is 0.500. The lowest BCUT2D eigenvalue weighted by atomic mass is 10.0. The van der Waals surface area contributed by atoms with E-state index < -0.39 is 5.92 Å². The molecule has 7 heteroatoms. The highest BCUT2D eigenvalue weighted by Gasteiger charge is 2.21. The first kappa shape index (κ1) is 15.8. The van der Waals surface area contributed by atoms with E-state index in [2.05, 4.69) is 10.5 Å². The Balaban J connectivity index is 2.44. The minimum atomic E-state index is -0.568. The Hall–Kier alpha value is -1.27. The Morgan fingerprint density at radius 1 is 1.63 bits per heavy atom. The normalized spacial score (nSPS) is 13.3. The summed E-state index contributed by atoms with van der Waals surface area (Å²) >= 11 is 7.32. The summed E-state index contributed by atoms with van der Waals surface area (Å²) in [4.78, 5) is 13.0. The minimum Gasteiger partial charge on any atom is -0.409 e. The number of rotatable bonds is 7. The van der Waals surface area contributed by atoms with Crippen molar-refractivity contribution in [2.45, 2.75) is 26.2 Å². The number of hydrogen-bond donors (Lipinski definition) is 3. The number of amidine groups is 1. The molecule has 0 saturated heterocycles. The van der Waals surface area contributed by atoms with Gasteiger partial charge in [-0.15, -0.1) is 11.3 Å². The topological polar surface area (TPSA) is 87.7 Å². The fourth-order valence-corrected chi connectivity index (χ4v) is 2.78. The van der Waals surface area contributed by atoms with E-state index in [0.29, 0.717) is 13.0 Å². The first-order valence-electron chi connectivity index (χ1n) is 6.07. The molecule has 0 aliphatic heterocycles. The molecule has 0 aliphatic rings. The second kappa shape index (κ2) is 8.01. The molecular formula is C12H18ClN3O2S. The van der Waals surface area contributed by atoms with Crippen molar-refractivity contribution >= 4 is 34.7 Å². The van der Waals surface area contributed by atoms with Crippen molar-refractivity contribution in [2.75, 3.05) is 6.54 Å². The fourth-order valence-electron chi connectivity index (χ4n) is 1.69. The summed E-state index contributed by atoms with van der Waals surface area (Å²) in [6.07, 6.45) is 2.07. The van der Waals surface area contributed by atoms with Gasteiger partial charge >= 0.3 is 0 Å². The van der Waals surface area contributed by atoms with Crippen molar-refractivity contribution in [3.63, 3.8) is 0 Å². The number of carbonyl (C=O) groups is 1. The number of nitrogens with one attached hydrogen (secondary N) is 1. The van der Waals surface area contributed by atoms with Crippen molar-refractivity contribution < 1.29 is 10.0 Å². The molecule has 1 amide bonds. The van der Waals surface area contributed by atoms with Crippen LogP contribution < -0.4 is 11.1 Å². The van der Waals surface area contributed by atoms with Gasteiger partial charge in [-0.1, -0.05) is 30.1 Å². The molecule has 0 bridgehead atoms. The van der Waals surface area contributed by atoms with Gasteiger partial charge in [-0.25, -0.2) is 0 Å². The summed E-state index contributed by atoms with van der Waals surface area (Å²) < 4.78 is 0.738. The van der Waals surface area contributed by atoms with E-state index in [0.717, 1.165) is 22.1 Å². The Labute approximate surface area is 121 Å². The van der Waals surface area contributed by atoms with Crippen LogP contribution in [0, 0.1) is 5.92 Å². The average Bonchev–Trinajstić information content (AvgIpc) is 2.80. The van der Waals surface area contributed by atoms with Gasteiger partial charge in [-0.2, -0.15) is 0 Å². The van der Waals surface area contributed by atoms with Crippen LogP contribution in [0.5, 0.6) is 0 Å². The Morgan fingerprint density at radius 2 is 2.37 bits per heavy atom. The monoisotopic (exact) mass is 303 g/mol. The summed E-state index contributed by atoms with van der Waals surface area (Å²) in [5.41, 5.74) is 5.51. The van der Waals surface area contributed by atoms with Crippen molar-refractivity contribution in [3.8, 4) is 0 Å². The van der Waals surface area contributed by atoms with Crippen LogP contribution in [0.4, 0.5) is 0 Å². The molecule has 0 saturated carbocycles. The van der Waals surface area contributed by atoms with Crippen LogP contribution in [0.2, 0.25) is 4.34 Å². The van der Waals surface area contributed by atoms with E-state index in [1.165, 1.54) is 11.3 Å². The van der Waals surface area contributed by atoms with Gasteiger partial charge in [0.05, 0.1) is 10.3 Å². The molecule has 19 heavy (non-hydrogen) atoms. The Bertz CT molecular complexity index is 448. The van der Waals surface area contributed by atoms with Crippen LogP contribution in [0.15, 0.2) is 17.3 Å². The third-order valence-corrected chi connectivity index (χ3v) is 3.96. The second-order valence-electron chi connectivity index (χ2n) is 4.11. The van der Waals surface area contributed by atoms with Gasteiger partial charge in [0.2, 0.25) is 5.91 Å². The summed E-state index contributed by atoms with van der Waals surface area (Å²) in [5.74, 6) is -0.819. The molecule has 1 atom stereocenters. The maximum Gasteiger partial charge on any atom is 0.230 e. The first-order chi connectivity index (χ1) is 9.08. The van der Waals surface area contributed by atoms with Crippen LogP contribution in [0.25, 0.3) is 0 Å². The van der Waals surface area contributed by atoms with Crippen molar-refractivity contribution in [1.29, 1.82) is 0 Å². The predicted molar refractivity (Wildman–Crippen MR) is 77.8 cm³/mol. The zero-order chi connectivity index (χ0) is 14.3. The molecule has 0 spiro atoms. The second-order valence-corrected chi connectivity index (χ2v) is 5.91. The van der Waals surface area contributed by atoms with Gasteiger partial charge in [0.25, 0.3) is 0 Å². The van der Waals surface area contributed by atoms with Crippen LogP contribution in [-0.2, 0) is 11.2 Å². The largest absolute Gasteiger partial charge is 0.409 e. The lowest BCUT2D eigenvalue weighted by molar-refractivity contribution is -0.123. The van der Waals surface area contributed by atoms with E-state index >= 15 is 0 Å². The summed E-state index contributed by atoms with van der Waals surface area (Å²) in [6.45, 7) is 2.45. The Morgan fingerprint density at radius 3 is 2.89 bits per heavy atom. The van der Waals surface area contributed by atoms with Crippen molar-refractivity contribution in [3.05, 3.63) is 21.3 Å². The average molecular weight is 304 g/mol. The Kier molecular flexibility index (Phi) is 6.66. The molecule has 1 aromatic heterocycles. The number of nitrogens with zero attached hydrogens (tertiary/aromatic N) is 1. The number of halogens is 1. The lowest BCUT2D eigenvalue weighted by Gasteiger charge is -2.14. The molecule has 0 radical (unpaired) electrons. The molecule has 1 unspecified atom stereocenters. The highest BCUT2D eigenvalue weighted by Crippen LogP contribution is 2.21. The van der Waals surface area contributed by atoms with Gasteiger partial charge in [-0.05, 0) is 25.0 Å². The number of thiophene rings is 1. The maximum atomic E-state index is 11.9. The molecule has 106 valence electrons. The van der Waals surface area contributed by atoms with E-state index in [1.54, 1.807) is 0 Å². The molecule has 5 nitrogen and oxygen atoms in total. The van der Waals surface area contributed by atoms with Gasteiger partial charge in [0.15, 0.2) is 5.84 Å². The van der Waals surface area contributed by atoms with Gasteiger partial charge < -0.3 is 16.3 Å². The van der Waals surface area contributed by atoms with E-state index in [9.17, 15) is 4.79 Å². The van der Waals surface area contributed by atoms with E-state index in [4.69, 9.17) is 22.5 Å². The number of amides is 1. The zero-order valence-electron chi connectivity index (χ0n) is 10.7. The van der Waals surface area contributed by atoms with Crippen LogP contribution >= 0.6 is 22.9 Å². The number of nitrogens with two attached hydrogens (primary N) is 1. The molecule has 1 aromatic rings. The number of carbonyl (C=O) groups excluding carboxylic acids is 1. The third kappa shape index (κ3) is 5.08. The highest BCUT2D eigenvalue weighted by molar-refractivity contribution is 7.16. The maximum absolute atomic E-state index is 11.9. The van der Waals surface area contributed by atoms with Crippen molar-refractivity contribution in [2.24, 2.45) is 16.8 Å². The van der Waals surface area contributed by atoms with Gasteiger partial charge in [0, 0.05) is 11.4 Å². The summed E-state index contributed by atoms with van der Waals surface area (Å²) in [6, 6.07) is 3.77. The zero-order valence-corrected chi connectivity index (χ0v) is 12.3. The van der Waals surface area contributed by atoms with Gasteiger partial charge in [-0.3, -0.25) is 4.79 Å². The quantitative estimate of drug-likeness (QED) is 0.312. The minimum absolute atomic E-state index is 0.0430. The third-order valence-electron chi connectivity index (χ3n) is 2.67. The molecular weight excluding hydrogens is 286 g/mol. The van der Waals surface area contributed by atoms with Crippen LogP contribution in [0.3, 0.4) is 0 Å². The van der Waals surface area contributed by atoms with E-state index in [-0.39, 0.29) is 11.7 Å². The lowest BCUT2D eigenvalue weighted by Crippen LogP contribution is -2.39. The number of oxime groups is 1. The molecule has 0 fully saturated rings. The standard InChI is InChI=1S/C12H18ClN3O2S/c1-2-3-9(11(14)16-18)12(17)15-7-6-8-4-5-10(13)19-8/h4-5,9,18H,2-3,6-7H2,1H3,(H2,14,16)(H,15,17). The first-order valence-corrected chi connectivity index (χ1v) is 7.27. The van der Waals surface area contributed by atoms with Gasteiger partial charge in [0.1, 0.15) is 0 Å². The molecule has 0 aromatic carbocycles. The SMILES string of the molecule is CCCC(C(=O)NCCc1ccc(Cl)s1)/C(N)=N/O. The smallest absolute Gasteiger partial charge is 0.230 e. The highest BCUT2D eigenvalue weighted by atomic mass is 35.5. The van der Waals surface area contributed by atoms with E-state index in [1.807, 2.05) is 19.1 Å². The molecule has 0 aliphatic carbocycles. The molecule has 4 N–H and O–H groups in total. The summed E-state index contributed by atoms with van der Waals surface area (Å²) in [7, 11) is 0. The number of hydrogen-bond acceptors (Lipinski definition) is 4.